The molecule has 0 saturated carbocycles. The van der Waals surface area contributed by atoms with Crippen molar-refractivity contribution in [2.24, 2.45) is 0 Å². The monoisotopic (exact) mass is 387 g/mol. The number of amidine groups is 1. The highest BCUT2D eigenvalue weighted by Gasteiger charge is 2.31. The van der Waals surface area contributed by atoms with Crippen LogP contribution in [0.1, 0.15) is 5.56 Å². The second kappa shape index (κ2) is 8.01. The molecule has 0 fully saturated rings. The van der Waals surface area contributed by atoms with Gasteiger partial charge in [0.05, 0.1) is 0 Å². The molecular formula is C17H16ClF3N2OS. The Morgan fingerprint density at radius 1 is 1.24 bits per heavy atom. The topological polar surface area (TPSA) is 36.3 Å². The van der Waals surface area contributed by atoms with Crippen molar-refractivity contribution < 1.29 is 17.9 Å². The van der Waals surface area contributed by atoms with Gasteiger partial charge in [-0.05, 0) is 42.2 Å². The van der Waals surface area contributed by atoms with E-state index in [0.29, 0.717) is 10.7 Å². The molecule has 0 aliphatic heterocycles. The van der Waals surface area contributed by atoms with Crippen LogP contribution in [0.5, 0.6) is 5.75 Å². The Labute approximate surface area is 153 Å². The highest BCUT2D eigenvalue weighted by Crippen LogP contribution is 2.28. The van der Waals surface area contributed by atoms with E-state index in [2.05, 4.69) is 4.74 Å². The molecule has 0 atom stereocenters. The predicted octanol–water partition coefficient (Wildman–Crippen LogP) is 5.62. The zero-order valence-electron chi connectivity index (χ0n) is 13.5. The number of halogens is 4. The first-order valence-electron chi connectivity index (χ1n) is 7.19. The van der Waals surface area contributed by atoms with Crippen LogP contribution in [0.4, 0.5) is 18.9 Å². The first-order valence-corrected chi connectivity index (χ1v) is 8.79. The number of nitrogens with one attached hydrogen (secondary N) is 1. The molecule has 0 aliphatic carbocycles. The molecule has 25 heavy (non-hydrogen) atoms. The van der Waals surface area contributed by atoms with Gasteiger partial charge in [0.2, 0.25) is 0 Å². The summed E-state index contributed by atoms with van der Waals surface area (Å²) in [6.45, 7) is 0. The fourth-order valence-electron chi connectivity index (χ4n) is 2.16. The van der Waals surface area contributed by atoms with Gasteiger partial charge in [-0.3, -0.25) is 5.41 Å². The molecule has 0 saturated heterocycles. The number of likely N-dealkylation sites (N-methyl/N-ethyl adjacent to an activating group) is 1. The minimum absolute atomic E-state index is 0.198. The quantitative estimate of drug-likeness (QED) is 0.411. The summed E-state index contributed by atoms with van der Waals surface area (Å²) in [5.74, 6) is -0.128. The van der Waals surface area contributed by atoms with E-state index in [-0.39, 0.29) is 18.0 Å². The molecule has 134 valence electrons. The van der Waals surface area contributed by atoms with Crippen molar-refractivity contribution in [1.82, 2.24) is 0 Å². The lowest BCUT2D eigenvalue weighted by Crippen LogP contribution is -2.27. The minimum atomic E-state index is -4.75. The van der Waals surface area contributed by atoms with Crippen LogP contribution < -0.4 is 9.64 Å². The Hall–Kier alpha value is -1.86. The van der Waals surface area contributed by atoms with Crippen molar-refractivity contribution in [3.63, 3.8) is 0 Å². The lowest BCUT2D eigenvalue weighted by atomic mass is 10.1. The lowest BCUT2D eigenvalue weighted by molar-refractivity contribution is -0.274. The number of alkyl halides is 3. The van der Waals surface area contributed by atoms with E-state index in [4.69, 9.17) is 17.0 Å². The zero-order valence-corrected chi connectivity index (χ0v) is 15.1. The number of hydrogen-bond donors (Lipinski definition) is 1. The Bertz CT molecular complexity index is 768. The standard InChI is InChI=1S/C17H16ClF3N2OS/c1-23(12-4-3-5-13(10-12)24-17(19,20)21)16(22)9-11-8-14(25-2)6-7-15(11)18/h3-8,10,22H,9H2,1-2H3/i1-1. The molecule has 0 radical (unpaired) electrons. The van der Waals surface area contributed by atoms with E-state index < -0.39 is 6.36 Å². The second-order valence-corrected chi connectivity index (χ2v) is 6.47. The van der Waals surface area contributed by atoms with E-state index in [0.717, 1.165) is 10.5 Å². The van der Waals surface area contributed by atoms with Crippen LogP contribution in [-0.4, -0.2) is 25.5 Å². The molecule has 2 aromatic carbocycles. The molecule has 2 rings (SSSR count). The fourth-order valence-corrected chi connectivity index (χ4v) is 2.81. The molecule has 0 bridgehead atoms. The van der Waals surface area contributed by atoms with Crippen LogP contribution in [0.3, 0.4) is 0 Å². The average Bonchev–Trinajstić information content (AvgIpc) is 2.54. The molecule has 0 spiro atoms. The van der Waals surface area contributed by atoms with Gasteiger partial charge in [0.1, 0.15) is 11.6 Å². The summed E-state index contributed by atoms with van der Waals surface area (Å²) in [7, 11) is 1.61. The van der Waals surface area contributed by atoms with Crippen LogP contribution in [0.2, 0.25) is 5.02 Å². The molecule has 0 amide bonds. The predicted molar refractivity (Wildman–Crippen MR) is 96.2 cm³/mol. The van der Waals surface area contributed by atoms with Gasteiger partial charge in [0.15, 0.2) is 0 Å². The summed E-state index contributed by atoms with van der Waals surface area (Å²) in [6.07, 6.45) is -2.55. The maximum atomic E-state index is 12.3. The van der Waals surface area contributed by atoms with Crippen molar-refractivity contribution in [2.45, 2.75) is 17.7 Å². The smallest absolute Gasteiger partial charge is 0.406 e. The van der Waals surface area contributed by atoms with Gasteiger partial charge in [0.25, 0.3) is 0 Å². The van der Waals surface area contributed by atoms with E-state index in [1.54, 1.807) is 30.9 Å². The number of benzene rings is 2. The SMILES string of the molecule is CSc1ccc(Cl)c(CC(=N)N([11CH3])c2cccc(OC(F)(F)F)c2)c1. The van der Waals surface area contributed by atoms with Crippen LogP contribution in [0.15, 0.2) is 47.4 Å². The number of ether oxygens (including phenoxy) is 1. The summed E-state index contributed by atoms with van der Waals surface area (Å²) < 4.78 is 40.9. The minimum Gasteiger partial charge on any atom is -0.406 e. The summed E-state index contributed by atoms with van der Waals surface area (Å²) in [5, 5.41) is 8.79. The maximum absolute atomic E-state index is 12.3. The van der Waals surface area contributed by atoms with Gasteiger partial charge in [-0.1, -0.05) is 17.7 Å². The number of anilines is 1. The summed E-state index contributed by atoms with van der Waals surface area (Å²) >= 11 is 7.74. The van der Waals surface area contributed by atoms with Crippen molar-refractivity contribution in [1.29, 1.82) is 5.41 Å². The molecule has 0 aromatic heterocycles. The Morgan fingerprint density at radius 3 is 2.60 bits per heavy atom. The van der Waals surface area contributed by atoms with Gasteiger partial charge in [0, 0.05) is 35.1 Å². The normalized spacial score (nSPS) is 11.3. The van der Waals surface area contributed by atoms with Gasteiger partial charge >= 0.3 is 6.36 Å². The summed E-state index contributed by atoms with van der Waals surface area (Å²) in [6, 6.07) is 11.1. The zero-order chi connectivity index (χ0) is 18.6. The van der Waals surface area contributed by atoms with Gasteiger partial charge < -0.3 is 9.64 Å². The third kappa shape index (κ3) is 5.57. The summed E-state index contributed by atoms with van der Waals surface area (Å²) in [4.78, 5) is 2.51. The Kier molecular flexibility index (Phi) is 6.24. The first-order chi connectivity index (χ1) is 11.7. The lowest BCUT2D eigenvalue weighted by Gasteiger charge is -2.21. The van der Waals surface area contributed by atoms with Crippen LogP contribution >= 0.6 is 23.4 Å². The van der Waals surface area contributed by atoms with Crippen molar-refractivity contribution in [2.75, 3.05) is 18.2 Å². The number of nitrogens with zero attached hydrogens (tertiary/aromatic N) is 1. The maximum Gasteiger partial charge on any atom is 0.573 e. The van der Waals surface area contributed by atoms with Gasteiger partial charge in [-0.25, -0.2) is 0 Å². The molecule has 2 aromatic rings. The highest BCUT2D eigenvalue weighted by atomic mass is 35.5. The third-order valence-corrected chi connectivity index (χ3v) is 4.55. The van der Waals surface area contributed by atoms with Gasteiger partial charge in [-0.15, -0.1) is 24.9 Å². The van der Waals surface area contributed by atoms with E-state index in [9.17, 15) is 13.2 Å². The van der Waals surface area contributed by atoms with Crippen molar-refractivity contribution in [3.05, 3.63) is 53.1 Å². The van der Waals surface area contributed by atoms with Crippen LogP contribution in [-0.2, 0) is 6.42 Å². The largest absolute Gasteiger partial charge is 0.573 e. The van der Waals surface area contributed by atoms with Crippen LogP contribution in [0, 0.1) is 5.41 Å². The van der Waals surface area contributed by atoms with Gasteiger partial charge in [-0.2, -0.15) is 0 Å². The third-order valence-electron chi connectivity index (χ3n) is 3.45. The molecule has 3 nitrogen and oxygen atoms in total. The Balaban J connectivity index is 2.16. The number of rotatable bonds is 5. The second-order valence-electron chi connectivity index (χ2n) is 5.18. The fraction of sp³-hybridized carbons (Fsp3) is 0.235. The highest BCUT2D eigenvalue weighted by molar-refractivity contribution is 7.98. The molecule has 1 N–H and O–H groups in total. The number of hydrogen-bond acceptors (Lipinski definition) is 3. The molecule has 0 aliphatic rings. The van der Waals surface area contributed by atoms with E-state index in [1.807, 2.05) is 18.4 Å². The molecule has 0 heterocycles. The van der Waals surface area contributed by atoms with E-state index >= 15 is 0 Å². The van der Waals surface area contributed by atoms with Crippen molar-refractivity contribution >= 4 is 34.9 Å². The molecular weight excluding hydrogens is 372 g/mol. The first kappa shape index (κ1) is 19.5. The molecule has 0 unspecified atom stereocenters. The average molecular weight is 388 g/mol. The Morgan fingerprint density at radius 2 is 1.96 bits per heavy atom. The van der Waals surface area contributed by atoms with E-state index in [1.165, 1.54) is 23.1 Å². The molecule has 8 heteroatoms. The van der Waals surface area contributed by atoms with Crippen molar-refractivity contribution in [3.8, 4) is 5.75 Å². The summed E-state index contributed by atoms with van der Waals surface area (Å²) in [5.41, 5.74) is 1.21. The number of thioether (sulfide) groups is 1. The van der Waals surface area contributed by atoms with Crippen LogP contribution in [0.25, 0.3) is 0 Å².